The van der Waals surface area contributed by atoms with Gasteiger partial charge in [0.25, 0.3) is 0 Å². The SMILES string of the molecule is CCCCCCCCCCCCCCCCCCCCC(=O)NCNC(=O)CCCCCCCCCCCCCCCCCCCC. The predicted molar refractivity (Wildman–Crippen MR) is 208 cm³/mol. The molecule has 0 aliphatic rings. The molecule has 4 heteroatoms. The third-order valence-corrected chi connectivity index (χ3v) is 10.1. The van der Waals surface area contributed by atoms with E-state index in [0.29, 0.717) is 12.8 Å². The molecule has 47 heavy (non-hydrogen) atoms. The van der Waals surface area contributed by atoms with Gasteiger partial charge in [0.1, 0.15) is 0 Å². The highest BCUT2D eigenvalue weighted by atomic mass is 16.2. The Morgan fingerprint density at radius 2 is 0.447 bits per heavy atom. The lowest BCUT2D eigenvalue weighted by atomic mass is 10.0. The highest BCUT2D eigenvalue weighted by Gasteiger charge is 2.04. The molecule has 0 spiro atoms. The minimum atomic E-state index is 0.0648. The Balaban J connectivity index is 3.25. The number of hydrogen-bond acceptors (Lipinski definition) is 2. The third-order valence-electron chi connectivity index (χ3n) is 10.1. The van der Waals surface area contributed by atoms with Gasteiger partial charge in [0, 0.05) is 12.8 Å². The van der Waals surface area contributed by atoms with Gasteiger partial charge in [-0.1, -0.05) is 232 Å². The molecule has 0 aliphatic heterocycles. The Morgan fingerprint density at radius 3 is 0.638 bits per heavy atom. The molecule has 0 rings (SSSR count). The number of carbonyl (C=O) groups is 2. The molecule has 0 unspecified atom stereocenters. The van der Waals surface area contributed by atoms with Crippen molar-refractivity contribution < 1.29 is 9.59 Å². The lowest BCUT2D eigenvalue weighted by Gasteiger charge is -2.08. The standard InChI is InChI=1S/C43H86N2O2/c1-3-5-7-9-11-13-15-17-19-21-23-25-27-29-31-33-35-37-39-42(46)44-41-45-43(47)40-38-36-34-32-30-28-26-24-22-20-18-16-14-12-10-8-6-4-2/h3-41H2,1-2H3,(H,44,46)(H,45,47). The lowest BCUT2D eigenvalue weighted by molar-refractivity contribution is -0.123. The molecule has 0 aliphatic carbocycles. The van der Waals surface area contributed by atoms with E-state index >= 15 is 0 Å². The zero-order valence-corrected chi connectivity index (χ0v) is 32.4. The van der Waals surface area contributed by atoms with Crippen molar-refractivity contribution in [2.24, 2.45) is 0 Å². The van der Waals surface area contributed by atoms with Gasteiger partial charge >= 0.3 is 0 Å². The van der Waals surface area contributed by atoms with E-state index in [-0.39, 0.29) is 18.5 Å². The van der Waals surface area contributed by atoms with Crippen molar-refractivity contribution in [1.29, 1.82) is 0 Å². The van der Waals surface area contributed by atoms with Crippen LogP contribution in [0, 0.1) is 0 Å². The molecule has 0 heterocycles. The third kappa shape index (κ3) is 41.0. The second-order valence-electron chi connectivity index (χ2n) is 14.9. The van der Waals surface area contributed by atoms with Crippen molar-refractivity contribution in [3.8, 4) is 0 Å². The number of rotatable bonds is 40. The van der Waals surface area contributed by atoms with Gasteiger partial charge < -0.3 is 10.6 Å². The number of nitrogens with one attached hydrogen (secondary N) is 2. The fraction of sp³-hybridized carbons (Fsp3) is 0.953. The Hall–Kier alpha value is -1.06. The van der Waals surface area contributed by atoms with Crippen molar-refractivity contribution in [3.05, 3.63) is 0 Å². The number of unbranched alkanes of at least 4 members (excludes halogenated alkanes) is 34. The van der Waals surface area contributed by atoms with Crippen molar-refractivity contribution in [3.63, 3.8) is 0 Å². The predicted octanol–water partition coefficient (Wildman–Crippen LogP) is 14.0. The van der Waals surface area contributed by atoms with Gasteiger partial charge in [-0.3, -0.25) is 9.59 Å². The lowest BCUT2D eigenvalue weighted by Crippen LogP contribution is -2.37. The second kappa shape index (κ2) is 41.1. The van der Waals surface area contributed by atoms with E-state index in [2.05, 4.69) is 24.5 Å². The summed E-state index contributed by atoms with van der Waals surface area (Å²) in [5.74, 6) is 0.130. The zero-order valence-electron chi connectivity index (χ0n) is 32.4. The molecule has 0 radical (unpaired) electrons. The Labute approximate surface area is 295 Å². The number of carbonyl (C=O) groups excluding carboxylic acids is 2. The summed E-state index contributed by atoms with van der Waals surface area (Å²) >= 11 is 0. The highest BCUT2D eigenvalue weighted by Crippen LogP contribution is 2.16. The maximum absolute atomic E-state index is 12.1. The molecule has 0 aromatic carbocycles. The van der Waals surface area contributed by atoms with E-state index in [9.17, 15) is 9.59 Å². The van der Waals surface area contributed by atoms with E-state index in [0.717, 1.165) is 25.7 Å². The van der Waals surface area contributed by atoms with Gasteiger partial charge in [-0.05, 0) is 12.8 Å². The summed E-state index contributed by atoms with van der Waals surface area (Å²) in [4.78, 5) is 24.1. The molecule has 2 N–H and O–H groups in total. The van der Waals surface area contributed by atoms with Gasteiger partial charge in [0.2, 0.25) is 11.8 Å². The first-order valence-corrected chi connectivity index (χ1v) is 21.7. The van der Waals surface area contributed by atoms with Crippen LogP contribution < -0.4 is 10.6 Å². The van der Waals surface area contributed by atoms with Crippen LogP contribution in [0.4, 0.5) is 0 Å². The van der Waals surface area contributed by atoms with Crippen LogP contribution in [0.1, 0.15) is 258 Å². The monoisotopic (exact) mass is 663 g/mol. The minimum absolute atomic E-state index is 0.0648. The fourth-order valence-electron chi connectivity index (χ4n) is 6.79. The summed E-state index contributed by atoms with van der Waals surface area (Å²) in [6.45, 7) is 4.85. The number of hydrogen-bond donors (Lipinski definition) is 2. The normalized spacial score (nSPS) is 11.3. The van der Waals surface area contributed by atoms with Crippen LogP contribution in [0.3, 0.4) is 0 Å². The smallest absolute Gasteiger partial charge is 0.221 e. The maximum Gasteiger partial charge on any atom is 0.221 e. The Kier molecular flexibility index (Phi) is 40.2. The average Bonchev–Trinajstić information content (AvgIpc) is 3.07. The van der Waals surface area contributed by atoms with Gasteiger partial charge in [0.05, 0.1) is 6.67 Å². The van der Waals surface area contributed by atoms with Gasteiger partial charge in [-0.15, -0.1) is 0 Å². The van der Waals surface area contributed by atoms with Crippen LogP contribution in [0.2, 0.25) is 0 Å². The molecule has 0 aromatic heterocycles. The average molecular weight is 663 g/mol. The highest BCUT2D eigenvalue weighted by molar-refractivity contribution is 5.78. The summed E-state index contributed by atoms with van der Waals surface area (Å²) in [5, 5.41) is 5.72. The van der Waals surface area contributed by atoms with E-state index in [1.54, 1.807) is 0 Å². The van der Waals surface area contributed by atoms with E-state index < -0.39 is 0 Å². The molecule has 280 valence electrons. The van der Waals surface area contributed by atoms with Crippen LogP contribution in [-0.4, -0.2) is 18.5 Å². The Morgan fingerprint density at radius 1 is 0.277 bits per heavy atom. The van der Waals surface area contributed by atoms with Crippen molar-refractivity contribution in [2.75, 3.05) is 6.67 Å². The van der Waals surface area contributed by atoms with Crippen molar-refractivity contribution >= 4 is 11.8 Å². The summed E-state index contributed by atoms with van der Waals surface area (Å²) in [5.41, 5.74) is 0. The van der Waals surface area contributed by atoms with Gasteiger partial charge in [0.15, 0.2) is 0 Å². The molecular formula is C43H86N2O2. The summed E-state index contributed by atoms with van der Waals surface area (Å²) in [6.07, 6.45) is 50.0. The molecule has 0 atom stereocenters. The second-order valence-corrected chi connectivity index (χ2v) is 14.9. The molecule has 0 saturated carbocycles. The van der Waals surface area contributed by atoms with Crippen LogP contribution >= 0.6 is 0 Å². The summed E-state index contributed by atoms with van der Waals surface area (Å²) < 4.78 is 0. The summed E-state index contributed by atoms with van der Waals surface area (Å²) in [7, 11) is 0. The number of amides is 2. The topological polar surface area (TPSA) is 58.2 Å². The van der Waals surface area contributed by atoms with E-state index in [4.69, 9.17) is 0 Å². The van der Waals surface area contributed by atoms with Crippen molar-refractivity contribution in [2.45, 2.75) is 258 Å². The van der Waals surface area contributed by atoms with Crippen LogP contribution in [-0.2, 0) is 9.59 Å². The van der Waals surface area contributed by atoms with E-state index in [1.165, 1.54) is 205 Å². The van der Waals surface area contributed by atoms with Crippen LogP contribution in [0.15, 0.2) is 0 Å². The van der Waals surface area contributed by atoms with Gasteiger partial charge in [-0.2, -0.15) is 0 Å². The van der Waals surface area contributed by atoms with Crippen molar-refractivity contribution in [1.82, 2.24) is 10.6 Å². The molecule has 0 bridgehead atoms. The quantitative estimate of drug-likeness (QED) is 0.0507. The molecule has 0 aromatic rings. The van der Waals surface area contributed by atoms with E-state index in [1.807, 2.05) is 0 Å². The minimum Gasteiger partial charge on any atom is -0.339 e. The molecule has 0 fully saturated rings. The Bertz CT molecular complexity index is 571. The molecule has 0 saturated heterocycles. The first-order chi connectivity index (χ1) is 23.2. The molecule has 4 nitrogen and oxygen atoms in total. The molecular weight excluding hydrogens is 576 g/mol. The first-order valence-electron chi connectivity index (χ1n) is 21.7. The van der Waals surface area contributed by atoms with Gasteiger partial charge in [-0.25, -0.2) is 0 Å². The maximum atomic E-state index is 12.1. The van der Waals surface area contributed by atoms with Crippen LogP contribution in [0.25, 0.3) is 0 Å². The summed E-state index contributed by atoms with van der Waals surface area (Å²) in [6, 6.07) is 0. The fourth-order valence-corrected chi connectivity index (χ4v) is 6.79. The molecule has 2 amide bonds. The van der Waals surface area contributed by atoms with Crippen LogP contribution in [0.5, 0.6) is 0 Å². The first kappa shape index (κ1) is 45.9. The largest absolute Gasteiger partial charge is 0.339 e. The zero-order chi connectivity index (χ0) is 34.1.